The Balaban J connectivity index is 2.78. The van der Waals surface area contributed by atoms with Crippen molar-refractivity contribution in [1.82, 2.24) is 5.32 Å². The summed E-state index contributed by atoms with van der Waals surface area (Å²) in [5, 5.41) is 11.6. The molecule has 0 spiro atoms. The first kappa shape index (κ1) is 7.63. The lowest BCUT2D eigenvalue weighted by Gasteiger charge is -2.05. The molecule has 0 bridgehead atoms. The van der Waals surface area contributed by atoms with Crippen LogP contribution in [0.15, 0.2) is 29.3 Å². The van der Waals surface area contributed by atoms with Crippen LogP contribution in [0.3, 0.4) is 0 Å². The Hall–Kier alpha value is -1.47. The molecule has 1 rings (SSSR count). The summed E-state index contributed by atoms with van der Waals surface area (Å²) >= 11 is 0. The lowest BCUT2D eigenvalue weighted by Crippen LogP contribution is -2.20. The summed E-state index contributed by atoms with van der Waals surface area (Å²) in [6.07, 6.45) is 4.02. The lowest BCUT2D eigenvalue weighted by atomic mass is 10.2. The highest BCUT2D eigenvalue weighted by molar-refractivity contribution is 5.75. The maximum Gasteiger partial charge on any atom is 0.221 e. The van der Waals surface area contributed by atoms with Gasteiger partial charge in [-0.1, -0.05) is 5.73 Å². The van der Waals surface area contributed by atoms with Crippen LogP contribution in [-0.4, -0.2) is 11.0 Å². The molecule has 3 heteroatoms. The van der Waals surface area contributed by atoms with Crippen molar-refractivity contribution in [2.75, 3.05) is 0 Å². The van der Waals surface area contributed by atoms with E-state index in [-0.39, 0.29) is 11.7 Å². The summed E-state index contributed by atoms with van der Waals surface area (Å²) in [6, 6.07) is 0. The van der Waals surface area contributed by atoms with E-state index >= 15 is 0 Å². The zero-order valence-electron chi connectivity index (χ0n) is 6.22. The molecule has 0 saturated heterocycles. The van der Waals surface area contributed by atoms with Crippen LogP contribution >= 0.6 is 0 Å². The molecule has 1 aliphatic rings. The van der Waals surface area contributed by atoms with Crippen LogP contribution in [0.2, 0.25) is 0 Å². The molecule has 2 N–H and O–H groups in total. The van der Waals surface area contributed by atoms with Crippen molar-refractivity contribution in [1.29, 1.82) is 0 Å². The Morgan fingerprint density at radius 3 is 3.09 bits per heavy atom. The molecule has 58 valence electrons. The summed E-state index contributed by atoms with van der Waals surface area (Å²) in [6.45, 7) is 1.39. The van der Waals surface area contributed by atoms with Crippen LogP contribution in [0.25, 0.3) is 0 Å². The Morgan fingerprint density at radius 1 is 1.82 bits per heavy atom. The van der Waals surface area contributed by atoms with E-state index in [1.54, 1.807) is 12.2 Å². The number of amides is 1. The van der Waals surface area contributed by atoms with E-state index < -0.39 is 0 Å². The fourth-order valence-corrected chi connectivity index (χ4v) is 0.784. The molecule has 0 atom stereocenters. The van der Waals surface area contributed by atoms with E-state index in [4.69, 9.17) is 5.11 Å². The molecule has 0 saturated carbocycles. The molecule has 0 aromatic rings. The van der Waals surface area contributed by atoms with Crippen LogP contribution in [-0.2, 0) is 4.79 Å². The average molecular weight is 151 g/mol. The summed E-state index contributed by atoms with van der Waals surface area (Å²) in [4.78, 5) is 10.5. The van der Waals surface area contributed by atoms with Gasteiger partial charge in [-0.3, -0.25) is 4.79 Å². The predicted molar refractivity (Wildman–Crippen MR) is 40.7 cm³/mol. The van der Waals surface area contributed by atoms with Gasteiger partial charge in [0.25, 0.3) is 0 Å². The minimum atomic E-state index is -0.206. The third-order valence-corrected chi connectivity index (χ3v) is 1.23. The molecule has 1 amide bonds. The number of aliphatic hydroxyl groups is 1. The van der Waals surface area contributed by atoms with Crippen LogP contribution in [0, 0.1) is 0 Å². The van der Waals surface area contributed by atoms with Crippen molar-refractivity contribution >= 4 is 5.91 Å². The van der Waals surface area contributed by atoms with Crippen molar-refractivity contribution in [3.05, 3.63) is 29.3 Å². The number of hydrogen-bond acceptors (Lipinski definition) is 2. The summed E-state index contributed by atoms with van der Waals surface area (Å²) in [5.41, 5.74) is 3.09. The SMILES string of the molecule is CC(=O)NC1=C=CCC=C1O. The van der Waals surface area contributed by atoms with Gasteiger partial charge in [0.15, 0.2) is 0 Å². The highest BCUT2D eigenvalue weighted by Crippen LogP contribution is 2.07. The van der Waals surface area contributed by atoms with E-state index in [1.807, 2.05) is 0 Å². The van der Waals surface area contributed by atoms with E-state index in [0.717, 1.165) is 0 Å². The smallest absolute Gasteiger partial charge is 0.221 e. The molecule has 0 fully saturated rings. The van der Waals surface area contributed by atoms with Crippen molar-refractivity contribution < 1.29 is 9.90 Å². The number of hydrogen-bond donors (Lipinski definition) is 2. The molecule has 0 heterocycles. The highest BCUT2D eigenvalue weighted by atomic mass is 16.3. The van der Waals surface area contributed by atoms with Crippen LogP contribution in [0.5, 0.6) is 0 Å². The third kappa shape index (κ3) is 1.99. The number of carbonyl (C=O) groups is 1. The maximum atomic E-state index is 10.5. The maximum absolute atomic E-state index is 10.5. The number of nitrogens with one attached hydrogen (secondary N) is 1. The average Bonchev–Trinajstić information content (AvgIpc) is 1.93. The number of rotatable bonds is 1. The summed E-state index contributed by atoms with van der Waals surface area (Å²) in [7, 11) is 0. The molecule has 0 aromatic heterocycles. The molecule has 0 aromatic carbocycles. The van der Waals surface area contributed by atoms with Gasteiger partial charge in [0.05, 0.1) is 0 Å². The molecule has 3 nitrogen and oxygen atoms in total. The zero-order chi connectivity index (χ0) is 8.27. The van der Waals surface area contributed by atoms with E-state index in [9.17, 15) is 4.79 Å². The lowest BCUT2D eigenvalue weighted by molar-refractivity contribution is -0.118. The van der Waals surface area contributed by atoms with Crippen molar-refractivity contribution in [2.45, 2.75) is 13.3 Å². The van der Waals surface area contributed by atoms with Gasteiger partial charge in [0.2, 0.25) is 5.91 Å². The van der Waals surface area contributed by atoms with Gasteiger partial charge in [0.1, 0.15) is 11.5 Å². The fraction of sp³-hybridized carbons (Fsp3) is 0.250. The van der Waals surface area contributed by atoms with Gasteiger partial charge in [-0.15, -0.1) is 0 Å². The summed E-state index contributed by atoms with van der Waals surface area (Å²) < 4.78 is 0. The van der Waals surface area contributed by atoms with Crippen LogP contribution < -0.4 is 5.32 Å². The van der Waals surface area contributed by atoms with Crippen LogP contribution in [0.4, 0.5) is 0 Å². The van der Waals surface area contributed by atoms with E-state index in [1.165, 1.54) is 6.92 Å². The molecular formula is C8H9NO2. The van der Waals surface area contributed by atoms with E-state index in [2.05, 4.69) is 11.0 Å². The number of allylic oxidation sites excluding steroid dienone is 1. The number of aliphatic hydroxyl groups excluding tert-OH is 1. The second-order valence-corrected chi connectivity index (χ2v) is 2.23. The monoisotopic (exact) mass is 151 g/mol. The molecule has 0 unspecified atom stereocenters. The normalized spacial score (nSPS) is 15.4. The Morgan fingerprint density at radius 2 is 2.55 bits per heavy atom. The predicted octanol–water partition coefficient (Wildman–Crippen LogP) is 1.01. The Kier molecular flexibility index (Phi) is 2.14. The summed E-state index contributed by atoms with van der Waals surface area (Å²) in [5.74, 6) is -0.120. The quantitative estimate of drug-likeness (QED) is 0.549. The van der Waals surface area contributed by atoms with Crippen LogP contribution in [0.1, 0.15) is 13.3 Å². The molecule has 0 aliphatic heterocycles. The van der Waals surface area contributed by atoms with Crippen molar-refractivity contribution in [2.24, 2.45) is 0 Å². The molecular weight excluding hydrogens is 142 g/mol. The minimum Gasteiger partial charge on any atom is -0.505 e. The second-order valence-electron chi connectivity index (χ2n) is 2.23. The Bertz CT molecular complexity index is 270. The third-order valence-electron chi connectivity index (χ3n) is 1.23. The zero-order valence-corrected chi connectivity index (χ0v) is 6.22. The Labute approximate surface area is 64.7 Å². The van der Waals surface area contributed by atoms with Gasteiger partial charge in [-0.2, -0.15) is 0 Å². The number of carbonyl (C=O) groups excluding carboxylic acids is 1. The molecule has 1 aliphatic carbocycles. The van der Waals surface area contributed by atoms with Crippen molar-refractivity contribution in [3.8, 4) is 0 Å². The first-order valence-corrected chi connectivity index (χ1v) is 3.32. The first-order valence-electron chi connectivity index (χ1n) is 3.32. The molecule has 11 heavy (non-hydrogen) atoms. The van der Waals surface area contributed by atoms with Gasteiger partial charge >= 0.3 is 0 Å². The van der Waals surface area contributed by atoms with Gasteiger partial charge in [-0.05, 0) is 18.6 Å². The van der Waals surface area contributed by atoms with Gasteiger partial charge in [0, 0.05) is 6.92 Å². The standard InChI is InChI=1S/C8H9NO2/c1-6(10)9-7-4-2-3-5-8(7)11/h2,5,11H,3H2,1H3,(H,9,10). The minimum absolute atomic E-state index is 0.0858. The highest BCUT2D eigenvalue weighted by Gasteiger charge is 2.05. The first-order chi connectivity index (χ1) is 5.20. The van der Waals surface area contributed by atoms with Gasteiger partial charge in [-0.25, -0.2) is 0 Å². The van der Waals surface area contributed by atoms with Gasteiger partial charge < -0.3 is 10.4 Å². The molecule has 0 radical (unpaired) electrons. The fourth-order valence-electron chi connectivity index (χ4n) is 0.784. The second kappa shape index (κ2) is 3.08. The topological polar surface area (TPSA) is 49.3 Å². The van der Waals surface area contributed by atoms with Crippen molar-refractivity contribution in [3.63, 3.8) is 0 Å². The largest absolute Gasteiger partial charge is 0.505 e. The van der Waals surface area contributed by atoms with E-state index in [0.29, 0.717) is 12.1 Å².